The summed E-state index contributed by atoms with van der Waals surface area (Å²) in [5.41, 5.74) is 9.38. The van der Waals surface area contributed by atoms with Crippen LogP contribution in [-0.4, -0.2) is 9.97 Å². The molecule has 96 valence electrons. The van der Waals surface area contributed by atoms with Crippen molar-refractivity contribution in [2.24, 2.45) is 5.73 Å². The summed E-state index contributed by atoms with van der Waals surface area (Å²) in [6.45, 7) is 2.03. The molecule has 0 bridgehead atoms. The van der Waals surface area contributed by atoms with E-state index in [9.17, 15) is 0 Å². The second-order valence-corrected chi connectivity index (χ2v) is 5.41. The van der Waals surface area contributed by atoms with Crippen molar-refractivity contribution in [3.8, 4) is 10.6 Å². The summed E-state index contributed by atoms with van der Waals surface area (Å²) in [6, 6.07) is 13.9. The van der Waals surface area contributed by atoms with Gasteiger partial charge in [0.05, 0.1) is 10.9 Å². The summed E-state index contributed by atoms with van der Waals surface area (Å²) in [6.07, 6.45) is 0. The predicted octanol–water partition coefficient (Wildman–Crippen LogP) is 3.49. The van der Waals surface area contributed by atoms with Crippen LogP contribution in [0.3, 0.4) is 0 Å². The molecule has 3 rings (SSSR count). The number of nitrogens with one attached hydrogen (secondary N) is 1. The molecule has 2 aromatic heterocycles. The van der Waals surface area contributed by atoms with E-state index < -0.39 is 0 Å². The van der Waals surface area contributed by atoms with E-state index in [0.717, 1.165) is 22.8 Å². The lowest BCUT2D eigenvalue weighted by Gasteiger charge is -2.08. The number of hydrogen-bond donors (Lipinski definition) is 2. The molecule has 0 aliphatic heterocycles. The molecule has 0 aliphatic carbocycles. The van der Waals surface area contributed by atoms with Gasteiger partial charge in [-0.1, -0.05) is 36.4 Å². The largest absolute Gasteiger partial charge is 0.344 e. The maximum atomic E-state index is 6.26. The molecule has 0 radical (unpaired) electrons. The third-order valence-electron chi connectivity index (χ3n) is 3.11. The quantitative estimate of drug-likeness (QED) is 0.764. The zero-order valence-corrected chi connectivity index (χ0v) is 11.4. The molecule has 0 aliphatic rings. The Bertz CT molecular complexity index is 656. The van der Waals surface area contributed by atoms with Gasteiger partial charge in [0.15, 0.2) is 0 Å². The van der Waals surface area contributed by atoms with Crippen molar-refractivity contribution in [1.29, 1.82) is 0 Å². The van der Waals surface area contributed by atoms with Gasteiger partial charge in [0.1, 0.15) is 11.5 Å². The Morgan fingerprint density at radius 3 is 2.63 bits per heavy atom. The second kappa shape index (κ2) is 4.99. The fourth-order valence-corrected chi connectivity index (χ4v) is 2.87. The Morgan fingerprint density at radius 2 is 1.95 bits per heavy atom. The number of aryl methyl sites for hydroxylation is 1. The van der Waals surface area contributed by atoms with Crippen LogP contribution in [0.5, 0.6) is 0 Å². The molecule has 19 heavy (non-hydrogen) atoms. The van der Waals surface area contributed by atoms with Crippen LogP contribution in [0.1, 0.15) is 23.1 Å². The van der Waals surface area contributed by atoms with Crippen LogP contribution in [-0.2, 0) is 0 Å². The first-order chi connectivity index (χ1) is 9.25. The first-order valence-corrected chi connectivity index (χ1v) is 7.04. The molecular formula is C15H15N3S. The smallest absolute Gasteiger partial charge is 0.128 e. The molecular weight excluding hydrogens is 254 g/mol. The molecule has 1 atom stereocenters. The number of benzene rings is 1. The summed E-state index contributed by atoms with van der Waals surface area (Å²) in [7, 11) is 0. The molecule has 0 spiro atoms. The van der Waals surface area contributed by atoms with Gasteiger partial charge in [0.25, 0.3) is 0 Å². The first-order valence-electron chi connectivity index (χ1n) is 6.16. The topological polar surface area (TPSA) is 54.7 Å². The lowest BCUT2D eigenvalue weighted by molar-refractivity contribution is 0.799. The lowest BCUT2D eigenvalue weighted by atomic mass is 10.1. The monoisotopic (exact) mass is 269 g/mol. The standard InChI is InChI=1S/C15H15N3S/c1-10-14(12-8-5-9-19-12)18-15(17-10)13(16)11-6-3-2-4-7-11/h2-9,13H,16H2,1H3,(H,17,18). The van der Waals surface area contributed by atoms with Crippen LogP contribution < -0.4 is 5.73 Å². The molecule has 3 aromatic rings. The van der Waals surface area contributed by atoms with E-state index in [2.05, 4.69) is 21.4 Å². The van der Waals surface area contributed by atoms with Crippen molar-refractivity contribution < 1.29 is 0 Å². The van der Waals surface area contributed by atoms with E-state index in [1.165, 1.54) is 4.88 Å². The summed E-state index contributed by atoms with van der Waals surface area (Å²) in [4.78, 5) is 9.13. The highest BCUT2D eigenvalue weighted by molar-refractivity contribution is 7.13. The molecule has 1 unspecified atom stereocenters. The molecule has 3 nitrogen and oxygen atoms in total. The van der Waals surface area contributed by atoms with Crippen molar-refractivity contribution in [2.45, 2.75) is 13.0 Å². The SMILES string of the molecule is Cc1[nH]c(C(N)c2ccccc2)nc1-c1cccs1. The van der Waals surface area contributed by atoms with E-state index in [0.29, 0.717) is 0 Å². The van der Waals surface area contributed by atoms with E-state index in [1.54, 1.807) is 11.3 Å². The van der Waals surface area contributed by atoms with Crippen LogP contribution in [0, 0.1) is 6.92 Å². The van der Waals surface area contributed by atoms with Crippen LogP contribution in [0.4, 0.5) is 0 Å². The minimum atomic E-state index is -0.214. The van der Waals surface area contributed by atoms with Crippen molar-refractivity contribution >= 4 is 11.3 Å². The third-order valence-corrected chi connectivity index (χ3v) is 3.99. The minimum absolute atomic E-state index is 0.214. The normalized spacial score (nSPS) is 12.5. The molecule has 0 saturated carbocycles. The summed E-state index contributed by atoms with van der Waals surface area (Å²) < 4.78 is 0. The number of thiophene rings is 1. The van der Waals surface area contributed by atoms with Crippen molar-refractivity contribution in [2.75, 3.05) is 0 Å². The average molecular weight is 269 g/mol. The molecule has 0 saturated heterocycles. The highest BCUT2D eigenvalue weighted by Gasteiger charge is 2.16. The average Bonchev–Trinajstić information content (AvgIpc) is 3.08. The summed E-state index contributed by atoms with van der Waals surface area (Å²) >= 11 is 1.69. The zero-order valence-electron chi connectivity index (χ0n) is 10.6. The molecule has 0 fully saturated rings. The van der Waals surface area contributed by atoms with Gasteiger partial charge < -0.3 is 10.7 Å². The zero-order chi connectivity index (χ0) is 13.2. The Hall–Kier alpha value is -1.91. The van der Waals surface area contributed by atoms with Crippen LogP contribution in [0.2, 0.25) is 0 Å². The van der Waals surface area contributed by atoms with Gasteiger partial charge in [-0.25, -0.2) is 4.98 Å². The molecule has 2 heterocycles. The molecule has 0 amide bonds. The maximum absolute atomic E-state index is 6.26. The Balaban J connectivity index is 1.97. The fourth-order valence-electron chi connectivity index (χ4n) is 2.10. The van der Waals surface area contributed by atoms with E-state index >= 15 is 0 Å². The van der Waals surface area contributed by atoms with E-state index in [1.807, 2.05) is 43.3 Å². The van der Waals surface area contributed by atoms with Crippen molar-refractivity contribution in [3.63, 3.8) is 0 Å². The summed E-state index contributed by atoms with van der Waals surface area (Å²) in [5.74, 6) is 0.812. The third kappa shape index (κ3) is 2.32. The number of H-pyrrole nitrogens is 1. The Morgan fingerprint density at radius 1 is 1.16 bits per heavy atom. The van der Waals surface area contributed by atoms with Crippen LogP contribution >= 0.6 is 11.3 Å². The van der Waals surface area contributed by atoms with Crippen LogP contribution in [0.15, 0.2) is 47.8 Å². The number of nitrogens with zero attached hydrogens (tertiary/aromatic N) is 1. The lowest BCUT2D eigenvalue weighted by Crippen LogP contribution is -2.13. The molecule has 4 heteroatoms. The Kier molecular flexibility index (Phi) is 3.19. The number of rotatable bonds is 3. The molecule has 1 aromatic carbocycles. The predicted molar refractivity (Wildman–Crippen MR) is 79.1 cm³/mol. The number of nitrogens with two attached hydrogens (primary N) is 1. The highest BCUT2D eigenvalue weighted by atomic mass is 32.1. The van der Waals surface area contributed by atoms with Gasteiger partial charge >= 0.3 is 0 Å². The highest BCUT2D eigenvalue weighted by Crippen LogP contribution is 2.28. The number of hydrogen-bond acceptors (Lipinski definition) is 3. The number of imidazole rings is 1. The second-order valence-electron chi connectivity index (χ2n) is 4.46. The molecule has 3 N–H and O–H groups in total. The number of aromatic nitrogens is 2. The van der Waals surface area contributed by atoms with Gasteiger partial charge in [-0.3, -0.25) is 0 Å². The minimum Gasteiger partial charge on any atom is -0.344 e. The van der Waals surface area contributed by atoms with Crippen LogP contribution in [0.25, 0.3) is 10.6 Å². The van der Waals surface area contributed by atoms with Gasteiger partial charge in [0.2, 0.25) is 0 Å². The first kappa shape index (κ1) is 12.1. The summed E-state index contributed by atoms with van der Waals surface area (Å²) in [5, 5.41) is 2.06. The van der Waals surface area contributed by atoms with Gasteiger partial charge in [-0.15, -0.1) is 11.3 Å². The Labute approximate surface area is 116 Å². The van der Waals surface area contributed by atoms with Crippen molar-refractivity contribution in [3.05, 3.63) is 64.9 Å². The van der Waals surface area contributed by atoms with Gasteiger partial charge in [-0.2, -0.15) is 0 Å². The van der Waals surface area contributed by atoms with Crippen molar-refractivity contribution in [1.82, 2.24) is 9.97 Å². The van der Waals surface area contributed by atoms with Gasteiger partial charge in [0, 0.05) is 5.69 Å². The van der Waals surface area contributed by atoms with E-state index in [-0.39, 0.29) is 6.04 Å². The maximum Gasteiger partial charge on any atom is 0.128 e. The van der Waals surface area contributed by atoms with Gasteiger partial charge in [-0.05, 0) is 23.9 Å². The van der Waals surface area contributed by atoms with E-state index in [4.69, 9.17) is 5.73 Å². The fraction of sp³-hybridized carbons (Fsp3) is 0.133. The number of aromatic amines is 1.